The van der Waals surface area contributed by atoms with Crippen LogP contribution in [0.5, 0.6) is 11.5 Å². The van der Waals surface area contributed by atoms with Crippen molar-refractivity contribution in [1.82, 2.24) is 9.97 Å². The zero-order chi connectivity index (χ0) is 23.4. The molecule has 0 spiro atoms. The normalized spacial score (nSPS) is 11.2. The van der Waals surface area contributed by atoms with Crippen molar-refractivity contribution in [3.8, 4) is 22.9 Å². The molecule has 0 saturated heterocycles. The minimum absolute atomic E-state index is 0.448. The molecular weight excluding hydrogens is 440 g/mol. The van der Waals surface area contributed by atoms with Crippen molar-refractivity contribution in [2.45, 2.75) is 6.54 Å². The van der Waals surface area contributed by atoms with E-state index in [-0.39, 0.29) is 0 Å². The number of ether oxygens (including phenoxy) is 2. The van der Waals surface area contributed by atoms with Crippen molar-refractivity contribution in [3.05, 3.63) is 72.3 Å². The number of hydrogen-bond donors (Lipinski definition) is 2. The van der Waals surface area contributed by atoms with Gasteiger partial charge in [0.25, 0.3) is 0 Å². The Morgan fingerprint density at radius 2 is 1.73 bits per heavy atom. The van der Waals surface area contributed by atoms with Crippen molar-refractivity contribution in [2.75, 3.05) is 30.5 Å². The summed E-state index contributed by atoms with van der Waals surface area (Å²) >= 11 is 0. The standard InChI is InChI=1S/C24H24N4O4S/c1-31-19-12-11-17(22(14-19)32-2)15-25-24-20-9-4-5-10-21(20)26-23(27-24)16-7-6-8-18(13-16)28-33(3,29)30/h4-14,28H,15H2,1-3H3,(H,25,26,27). The van der Waals surface area contributed by atoms with E-state index in [2.05, 4.69) is 15.0 Å². The fourth-order valence-corrected chi connectivity index (χ4v) is 4.01. The Hall–Kier alpha value is -3.85. The fourth-order valence-electron chi connectivity index (χ4n) is 3.45. The van der Waals surface area contributed by atoms with Crippen molar-refractivity contribution in [3.63, 3.8) is 0 Å². The summed E-state index contributed by atoms with van der Waals surface area (Å²) in [7, 11) is -0.162. The molecule has 0 aliphatic rings. The van der Waals surface area contributed by atoms with E-state index in [1.54, 1.807) is 32.4 Å². The first-order valence-corrected chi connectivity index (χ1v) is 12.1. The van der Waals surface area contributed by atoms with Gasteiger partial charge in [0.15, 0.2) is 5.82 Å². The lowest BCUT2D eigenvalue weighted by molar-refractivity contribution is 0.391. The quantitative estimate of drug-likeness (QED) is 0.401. The smallest absolute Gasteiger partial charge is 0.229 e. The van der Waals surface area contributed by atoms with Crippen LogP contribution in [0.25, 0.3) is 22.3 Å². The molecule has 33 heavy (non-hydrogen) atoms. The van der Waals surface area contributed by atoms with E-state index in [0.717, 1.165) is 22.7 Å². The number of rotatable bonds is 8. The molecule has 0 aliphatic heterocycles. The summed E-state index contributed by atoms with van der Waals surface area (Å²) in [6, 6.07) is 20.4. The zero-order valence-corrected chi connectivity index (χ0v) is 19.3. The van der Waals surface area contributed by atoms with Gasteiger partial charge in [0.05, 0.1) is 26.0 Å². The number of nitrogens with one attached hydrogen (secondary N) is 2. The van der Waals surface area contributed by atoms with Crippen LogP contribution in [0.1, 0.15) is 5.56 Å². The third kappa shape index (κ3) is 5.32. The molecule has 170 valence electrons. The molecule has 4 aromatic rings. The van der Waals surface area contributed by atoms with Gasteiger partial charge in [0.1, 0.15) is 17.3 Å². The predicted molar refractivity (Wildman–Crippen MR) is 130 cm³/mol. The summed E-state index contributed by atoms with van der Waals surface area (Å²) in [5.74, 6) is 2.57. The van der Waals surface area contributed by atoms with Crippen molar-refractivity contribution >= 4 is 32.4 Å². The molecule has 0 unspecified atom stereocenters. The number of nitrogens with zero attached hydrogens (tertiary/aromatic N) is 2. The predicted octanol–water partition coefficient (Wildman–Crippen LogP) is 4.30. The average Bonchev–Trinajstić information content (AvgIpc) is 2.81. The van der Waals surface area contributed by atoms with Crippen LogP contribution in [-0.4, -0.2) is 38.9 Å². The summed E-state index contributed by atoms with van der Waals surface area (Å²) in [5, 5.41) is 4.27. The van der Waals surface area contributed by atoms with Crippen molar-refractivity contribution < 1.29 is 17.9 Å². The maximum atomic E-state index is 11.6. The molecule has 4 rings (SSSR count). The molecule has 0 atom stereocenters. The fraction of sp³-hybridized carbons (Fsp3) is 0.167. The maximum absolute atomic E-state index is 11.6. The first-order chi connectivity index (χ1) is 15.9. The van der Waals surface area contributed by atoms with E-state index in [0.29, 0.717) is 40.9 Å². The van der Waals surface area contributed by atoms with Gasteiger partial charge in [-0.3, -0.25) is 4.72 Å². The molecule has 0 bridgehead atoms. The molecule has 0 radical (unpaired) electrons. The van der Waals surface area contributed by atoms with E-state index in [1.807, 2.05) is 48.5 Å². The number of methoxy groups -OCH3 is 2. The van der Waals surface area contributed by atoms with Crippen LogP contribution >= 0.6 is 0 Å². The SMILES string of the molecule is COc1ccc(CNc2nc(-c3cccc(NS(C)(=O)=O)c3)nc3ccccc23)c(OC)c1. The van der Waals surface area contributed by atoms with Gasteiger partial charge in [-0.15, -0.1) is 0 Å². The van der Waals surface area contributed by atoms with Crippen LogP contribution in [0.4, 0.5) is 11.5 Å². The number of hydrogen-bond acceptors (Lipinski definition) is 7. The second-order valence-corrected chi connectivity index (χ2v) is 9.15. The number of para-hydroxylation sites is 1. The molecule has 2 N–H and O–H groups in total. The summed E-state index contributed by atoms with van der Waals surface area (Å²) in [4.78, 5) is 9.43. The zero-order valence-electron chi connectivity index (χ0n) is 18.5. The summed E-state index contributed by atoms with van der Waals surface area (Å²) in [6.45, 7) is 0.475. The Kier molecular flexibility index (Phi) is 6.32. The van der Waals surface area contributed by atoms with Gasteiger partial charge in [-0.05, 0) is 36.4 Å². The maximum Gasteiger partial charge on any atom is 0.229 e. The Bertz CT molecular complexity index is 1410. The van der Waals surface area contributed by atoms with Crippen molar-refractivity contribution in [1.29, 1.82) is 0 Å². The molecule has 0 fully saturated rings. The van der Waals surface area contributed by atoms with Gasteiger partial charge in [-0.25, -0.2) is 18.4 Å². The number of fused-ring (bicyclic) bond motifs is 1. The van der Waals surface area contributed by atoms with Gasteiger partial charge >= 0.3 is 0 Å². The Labute approximate surface area is 192 Å². The molecule has 3 aromatic carbocycles. The van der Waals surface area contributed by atoms with E-state index in [4.69, 9.17) is 14.5 Å². The van der Waals surface area contributed by atoms with E-state index >= 15 is 0 Å². The van der Waals surface area contributed by atoms with E-state index < -0.39 is 10.0 Å². The summed E-state index contributed by atoms with van der Waals surface area (Å²) in [6.07, 6.45) is 1.11. The highest BCUT2D eigenvalue weighted by molar-refractivity contribution is 7.92. The molecule has 1 aromatic heterocycles. The number of sulfonamides is 1. The first-order valence-electron chi connectivity index (χ1n) is 10.2. The summed E-state index contributed by atoms with van der Waals surface area (Å²) in [5.41, 5.74) is 2.86. The highest BCUT2D eigenvalue weighted by Crippen LogP contribution is 2.29. The lowest BCUT2D eigenvalue weighted by Gasteiger charge is -2.14. The molecule has 8 nitrogen and oxygen atoms in total. The number of anilines is 2. The van der Waals surface area contributed by atoms with E-state index in [1.165, 1.54) is 0 Å². The lowest BCUT2D eigenvalue weighted by Crippen LogP contribution is -2.09. The third-order valence-electron chi connectivity index (χ3n) is 4.97. The van der Waals surface area contributed by atoms with Crippen molar-refractivity contribution in [2.24, 2.45) is 0 Å². The highest BCUT2D eigenvalue weighted by Gasteiger charge is 2.12. The second-order valence-electron chi connectivity index (χ2n) is 7.40. The van der Waals surface area contributed by atoms with Crippen LogP contribution in [0.3, 0.4) is 0 Å². The van der Waals surface area contributed by atoms with Crippen LogP contribution < -0.4 is 19.5 Å². The van der Waals surface area contributed by atoms with Crippen LogP contribution in [-0.2, 0) is 16.6 Å². The van der Waals surface area contributed by atoms with Crippen LogP contribution in [0, 0.1) is 0 Å². The van der Waals surface area contributed by atoms with Gasteiger partial charge in [-0.2, -0.15) is 0 Å². The molecule has 1 heterocycles. The lowest BCUT2D eigenvalue weighted by atomic mass is 10.1. The minimum atomic E-state index is -3.39. The Balaban J connectivity index is 1.71. The van der Waals surface area contributed by atoms with E-state index in [9.17, 15) is 8.42 Å². The average molecular weight is 465 g/mol. The number of benzene rings is 3. The monoisotopic (exact) mass is 464 g/mol. The van der Waals surface area contributed by atoms with Crippen LogP contribution in [0.2, 0.25) is 0 Å². The minimum Gasteiger partial charge on any atom is -0.497 e. The van der Waals surface area contributed by atoms with Gasteiger partial charge in [-0.1, -0.05) is 24.3 Å². The second kappa shape index (κ2) is 9.33. The highest BCUT2D eigenvalue weighted by atomic mass is 32.2. The molecule has 0 amide bonds. The third-order valence-corrected chi connectivity index (χ3v) is 5.57. The largest absolute Gasteiger partial charge is 0.497 e. The molecular formula is C24H24N4O4S. The molecule has 0 aliphatic carbocycles. The molecule has 0 saturated carbocycles. The number of aromatic nitrogens is 2. The topological polar surface area (TPSA) is 102 Å². The van der Waals surface area contributed by atoms with Gasteiger partial charge < -0.3 is 14.8 Å². The molecule has 9 heteroatoms. The van der Waals surface area contributed by atoms with Gasteiger partial charge in [0, 0.05) is 34.8 Å². The summed E-state index contributed by atoms with van der Waals surface area (Å²) < 4.78 is 36.5. The Morgan fingerprint density at radius 1 is 0.909 bits per heavy atom. The van der Waals surface area contributed by atoms with Crippen LogP contribution in [0.15, 0.2) is 66.7 Å². The Morgan fingerprint density at radius 3 is 2.48 bits per heavy atom. The van der Waals surface area contributed by atoms with Gasteiger partial charge in [0.2, 0.25) is 10.0 Å². The first kappa shape index (κ1) is 22.3.